The predicted molar refractivity (Wildman–Crippen MR) is 161 cm³/mol. The van der Waals surface area contributed by atoms with Crippen LogP contribution in [0.5, 0.6) is 0 Å². The largest absolute Gasteiger partial charge is 0.468 e. The Hall–Kier alpha value is -4.78. The third-order valence-electron chi connectivity index (χ3n) is 8.16. The number of allylic oxidation sites excluding steroid dienone is 1. The summed E-state index contributed by atoms with van der Waals surface area (Å²) in [5.74, 6) is -0.919. The number of hydrogen-bond donors (Lipinski definition) is 1. The molecule has 4 rings (SSSR count). The molecule has 2 aromatic carbocycles. The molecule has 44 heavy (non-hydrogen) atoms. The van der Waals surface area contributed by atoms with Gasteiger partial charge < -0.3 is 24.4 Å². The Labute approximate surface area is 255 Å². The predicted octanol–water partition coefficient (Wildman–Crippen LogP) is 3.71. The number of methoxy groups -OCH3 is 3. The quantitative estimate of drug-likeness (QED) is 0.195. The van der Waals surface area contributed by atoms with E-state index in [0.29, 0.717) is 56.7 Å². The van der Waals surface area contributed by atoms with Crippen molar-refractivity contribution in [3.63, 3.8) is 0 Å². The zero-order chi connectivity index (χ0) is 31.9. The number of hydrogen-bond acceptors (Lipinski definition) is 10. The Balaban J connectivity index is 1.43. The third-order valence-corrected chi connectivity index (χ3v) is 8.16. The van der Waals surface area contributed by atoms with E-state index in [2.05, 4.69) is 15.2 Å². The molecule has 0 aromatic heterocycles. The minimum absolute atomic E-state index is 0.0351. The Kier molecular flexibility index (Phi) is 10.3. The number of rotatable bonds is 9. The van der Waals surface area contributed by atoms with Crippen molar-refractivity contribution in [1.29, 1.82) is 0 Å². The van der Waals surface area contributed by atoms with Gasteiger partial charge in [-0.05, 0) is 69.1 Å². The molecule has 0 unspecified atom stereocenters. The highest BCUT2D eigenvalue weighted by Crippen LogP contribution is 2.38. The van der Waals surface area contributed by atoms with Gasteiger partial charge in [0.1, 0.15) is 6.04 Å². The molecule has 0 bridgehead atoms. The van der Waals surface area contributed by atoms with Crippen LogP contribution >= 0.6 is 0 Å². The second-order valence-electron chi connectivity index (χ2n) is 10.6. The van der Waals surface area contributed by atoms with Gasteiger partial charge in [-0.2, -0.15) is 0 Å². The van der Waals surface area contributed by atoms with Crippen LogP contribution in [0.1, 0.15) is 43.4 Å². The number of nitrogens with one attached hydrogen (secondary N) is 1. The number of nitrogens with zero attached hydrogens (tertiary/aromatic N) is 4. The number of carbonyl (C=O) groups is 3. The molecule has 0 aliphatic carbocycles. The molecular formula is C31H37N5O8. The first-order valence-corrected chi connectivity index (χ1v) is 14.3. The molecule has 13 heteroatoms. The first kappa shape index (κ1) is 32.1. The summed E-state index contributed by atoms with van der Waals surface area (Å²) < 4.78 is 15.6. The topological polar surface area (TPSA) is 153 Å². The molecule has 0 spiro atoms. The molecule has 2 heterocycles. The lowest BCUT2D eigenvalue weighted by atomic mass is 9.72. The van der Waals surface area contributed by atoms with Crippen molar-refractivity contribution in [2.75, 3.05) is 47.5 Å². The Morgan fingerprint density at radius 3 is 2.25 bits per heavy atom. The Morgan fingerprint density at radius 1 is 1.02 bits per heavy atom. The van der Waals surface area contributed by atoms with Crippen molar-refractivity contribution < 1.29 is 33.5 Å². The maximum Gasteiger partial charge on any atom is 0.338 e. The molecule has 2 aliphatic rings. The number of piperidine rings is 1. The Morgan fingerprint density at radius 2 is 1.68 bits per heavy atom. The lowest BCUT2D eigenvalue weighted by molar-refractivity contribution is -0.384. The second-order valence-corrected chi connectivity index (χ2v) is 10.6. The molecule has 2 amide bonds. The first-order chi connectivity index (χ1) is 21.2. The summed E-state index contributed by atoms with van der Waals surface area (Å²) in [7, 11) is 4.01. The van der Waals surface area contributed by atoms with Gasteiger partial charge in [-0.25, -0.2) is 19.5 Å². The van der Waals surface area contributed by atoms with Crippen LogP contribution in [0.4, 0.5) is 10.5 Å². The van der Waals surface area contributed by atoms with Crippen LogP contribution in [-0.2, 0) is 29.2 Å². The van der Waals surface area contributed by atoms with Crippen LogP contribution in [0.15, 0.2) is 70.9 Å². The molecule has 0 saturated carbocycles. The minimum Gasteiger partial charge on any atom is -0.468 e. The van der Waals surface area contributed by atoms with E-state index in [4.69, 9.17) is 14.2 Å². The van der Waals surface area contributed by atoms with Crippen LogP contribution in [0.25, 0.3) is 0 Å². The summed E-state index contributed by atoms with van der Waals surface area (Å²) in [6, 6.07) is 13.7. The number of ether oxygens (including phenoxy) is 3. The van der Waals surface area contributed by atoms with Crippen LogP contribution in [-0.4, -0.2) is 86.2 Å². The summed E-state index contributed by atoms with van der Waals surface area (Å²) in [6.07, 6.45) is 1.86. The molecule has 2 aromatic rings. The number of non-ortho nitro benzene ring substituents is 1. The highest BCUT2D eigenvalue weighted by atomic mass is 16.6. The van der Waals surface area contributed by atoms with Gasteiger partial charge in [-0.1, -0.05) is 30.3 Å². The van der Waals surface area contributed by atoms with E-state index in [1.54, 1.807) is 6.92 Å². The molecule has 234 valence electrons. The summed E-state index contributed by atoms with van der Waals surface area (Å²) in [5.41, 5.74) is 0.986. The average Bonchev–Trinajstić information content (AvgIpc) is 3.06. The summed E-state index contributed by atoms with van der Waals surface area (Å²) in [6.45, 7) is 3.99. The van der Waals surface area contributed by atoms with E-state index >= 15 is 0 Å². The number of amidine groups is 1. The number of nitro groups is 1. The van der Waals surface area contributed by atoms with E-state index in [9.17, 15) is 24.5 Å². The Bertz CT molecular complexity index is 1430. The number of amides is 2. The molecule has 1 N–H and O–H groups in total. The van der Waals surface area contributed by atoms with E-state index in [1.165, 1.54) is 50.5 Å². The molecule has 1 saturated heterocycles. The van der Waals surface area contributed by atoms with Crippen molar-refractivity contribution in [3.8, 4) is 0 Å². The third kappa shape index (κ3) is 6.57. The molecule has 2 aliphatic heterocycles. The summed E-state index contributed by atoms with van der Waals surface area (Å²) >= 11 is 0. The van der Waals surface area contributed by atoms with Gasteiger partial charge in [0.2, 0.25) is 0 Å². The van der Waals surface area contributed by atoms with Crippen molar-refractivity contribution in [1.82, 2.24) is 15.1 Å². The maximum absolute atomic E-state index is 13.6. The van der Waals surface area contributed by atoms with E-state index in [-0.39, 0.29) is 23.3 Å². The summed E-state index contributed by atoms with van der Waals surface area (Å²) in [5, 5.41) is 14.1. The number of carbonyl (C=O) groups excluding carboxylic acids is 3. The van der Waals surface area contributed by atoms with E-state index in [0.717, 1.165) is 5.56 Å². The molecular weight excluding hydrogens is 570 g/mol. The van der Waals surface area contributed by atoms with Crippen LogP contribution < -0.4 is 5.32 Å². The lowest BCUT2D eigenvalue weighted by Gasteiger charge is -2.40. The van der Waals surface area contributed by atoms with E-state index in [1.807, 2.05) is 30.3 Å². The second kappa shape index (κ2) is 14.1. The fourth-order valence-electron chi connectivity index (χ4n) is 5.81. The highest BCUT2D eigenvalue weighted by Gasteiger charge is 2.44. The molecule has 13 nitrogen and oxygen atoms in total. The van der Waals surface area contributed by atoms with Gasteiger partial charge in [0.25, 0.3) is 5.69 Å². The average molecular weight is 608 g/mol. The monoisotopic (exact) mass is 607 g/mol. The number of urea groups is 1. The summed E-state index contributed by atoms with van der Waals surface area (Å²) in [4.78, 5) is 57.7. The number of likely N-dealkylation sites (tertiary alicyclic amines) is 1. The van der Waals surface area contributed by atoms with Crippen LogP contribution in [0, 0.1) is 10.1 Å². The van der Waals surface area contributed by atoms with Gasteiger partial charge in [-0.15, -0.1) is 0 Å². The van der Waals surface area contributed by atoms with Crippen LogP contribution in [0.2, 0.25) is 0 Å². The number of benzene rings is 2. The van der Waals surface area contributed by atoms with Gasteiger partial charge in [0.15, 0.2) is 0 Å². The zero-order valence-electron chi connectivity index (χ0n) is 25.3. The molecule has 1 fully saturated rings. The zero-order valence-corrected chi connectivity index (χ0v) is 25.3. The van der Waals surface area contributed by atoms with Crippen molar-refractivity contribution in [2.45, 2.75) is 37.6 Å². The van der Waals surface area contributed by atoms with Crippen molar-refractivity contribution in [2.24, 2.45) is 4.99 Å². The first-order valence-electron chi connectivity index (χ1n) is 14.3. The fourth-order valence-corrected chi connectivity index (χ4v) is 5.81. The number of nitro benzene ring substituents is 1. The van der Waals surface area contributed by atoms with Gasteiger partial charge in [-0.3, -0.25) is 14.9 Å². The highest BCUT2D eigenvalue weighted by molar-refractivity contribution is 6.00. The molecule has 1 atom stereocenters. The van der Waals surface area contributed by atoms with Crippen molar-refractivity contribution >= 4 is 29.7 Å². The van der Waals surface area contributed by atoms with Crippen molar-refractivity contribution in [3.05, 3.63) is 87.1 Å². The van der Waals surface area contributed by atoms with Gasteiger partial charge in [0.05, 0.1) is 42.9 Å². The SMILES string of the molecule is COC(=O)C1=C(C)N=C(OC)N(C(=O)NCCCN2CCC(C(=O)OC)(c3ccccc3)CC2)[C@H]1c1ccc([N+](=O)[O-])cc1. The van der Waals surface area contributed by atoms with Crippen LogP contribution in [0.3, 0.4) is 0 Å². The normalized spacial score (nSPS) is 18.2. The minimum atomic E-state index is -0.998. The maximum atomic E-state index is 13.6. The lowest BCUT2D eigenvalue weighted by Crippen LogP contribution is -2.50. The molecule has 0 radical (unpaired) electrons. The van der Waals surface area contributed by atoms with Gasteiger partial charge in [0, 0.05) is 18.7 Å². The van der Waals surface area contributed by atoms with E-state index < -0.39 is 28.4 Å². The standard InChI is InChI=1S/C31H37N5O8/c1-21-25(27(37)42-2)26(22-11-13-24(14-12-22)36(40)41)35(30(33-21)44-4)29(39)32-17-8-18-34-19-15-31(16-20-34,28(38)43-3)23-9-6-5-7-10-23/h5-7,9-14,26H,8,15-20H2,1-4H3,(H,32,39)/t26-/m0/s1. The number of esters is 2. The number of aliphatic imine (C=N–C) groups is 1. The fraction of sp³-hybridized carbons (Fsp3) is 0.419. The van der Waals surface area contributed by atoms with Gasteiger partial charge >= 0.3 is 24.0 Å². The smallest absolute Gasteiger partial charge is 0.338 e.